The van der Waals surface area contributed by atoms with Crippen molar-refractivity contribution in [1.82, 2.24) is 15.0 Å². The van der Waals surface area contributed by atoms with Gasteiger partial charge in [-0.1, -0.05) is 36.4 Å². The Kier molecular flexibility index (Phi) is 4.19. The molecule has 116 valence electrons. The molecule has 23 heavy (non-hydrogen) atoms. The van der Waals surface area contributed by atoms with Crippen molar-refractivity contribution in [2.75, 3.05) is 0 Å². The molecule has 0 aliphatic rings. The average Bonchev–Trinajstić information content (AvgIpc) is 2.96. The normalized spacial score (nSPS) is 11.7. The number of carbonyl (C=O) groups is 1. The molecule has 0 saturated heterocycles. The van der Waals surface area contributed by atoms with E-state index in [-0.39, 0.29) is 12.5 Å². The first-order chi connectivity index (χ1) is 11.1. The van der Waals surface area contributed by atoms with Gasteiger partial charge in [0.25, 0.3) is 5.91 Å². The first-order valence-electron chi connectivity index (χ1n) is 7.44. The average molecular weight is 306 g/mol. The van der Waals surface area contributed by atoms with E-state index in [9.17, 15) is 4.79 Å². The molecule has 0 aliphatic heterocycles. The van der Waals surface area contributed by atoms with Gasteiger partial charge in [0.05, 0.1) is 23.1 Å². The molecule has 5 nitrogen and oxygen atoms in total. The van der Waals surface area contributed by atoms with E-state index in [1.54, 1.807) is 6.33 Å². The number of amides is 1. The van der Waals surface area contributed by atoms with E-state index < -0.39 is 0 Å². The van der Waals surface area contributed by atoms with Gasteiger partial charge in [-0.3, -0.25) is 4.79 Å². The fraction of sp³-hybridized carbons (Fsp3) is 0.167. The van der Waals surface area contributed by atoms with Crippen molar-refractivity contribution in [3.63, 3.8) is 0 Å². The van der Waals surface area contributed by atoms with Crippen LogP contribution in [0.2, 0.25) is 0 Å². The number of aromatic nitrogens is 2. The number of fused-ring (bicyclic) bond motifs is 1. The highest BCUT2D eigenvalue weighted by molar-refractivity contribution is 6.00. The predicted molar refractivity (Wildman–Crippen MR) is 91.3 cm³/mol. The second kappa shape index (κ2) is 6.44. The lowest BCUT2D eigenvalue weighted by atomic mass is 10.1. The monoisotopic (exact) mass is 306 g/mol. The maximum absolute atomic E-state index is 12.1. The van der Waals surface area contributed by atoms with Crippen LogP contribution in [-0.4, -0.2) is 21.2 Å². The summed E-state index contributed by atoms with van der Waals surface area (Å²) in [5.41, 5.74) is 7.36. The number of benzene rings is 2. The molecule has 0 radical (unpaired) electrons. The van der Waals surface area contributed by atoms with Crippen LogP contribution in [0, 0.1) is 6.92 Å². The van der Waals surface area contributed by atoms with Gasteiger partial charge in [0.2, 0.25) is 0 Å². The van der Waals surface area contributed by atoms with E-state index >= 15 is 0 Å². The second-order valence-corrected chi connectivity index (χ2v) is 5.41. The fourth-order valence-corrected chi connectivity index (χ4v) is 2.51. The summed E-state index contributed by atoms with van der Waals surface area (Å²) in [5.74, 6) is -0.180. The summed E-state index contributed by atoms with van der Waals surface area (Å²) < 4.78 is 1.81. The van der Waals surface area contributed by atoms with Crippen LogP contribution >= 0.6 is 0 Å². The maximum Gasteiger partial charge on any atom is 0.260 e. The second-order valence-electron chi connectivity index (χ2n) is 5.41. The van der Waals surface area contributed by atoms with Crippen LogP contribution < -0.4 is 5.43 Å². The minimum Gasteiger partial charge on any atom is -0.321 e. The lowest BCUT2D eigenvalue weighted by Crippen LogP contribution is -2.24. The fourth-order valence-electron chi connectivity index (χ4n) is 2.51. The molecule has 3 aromatic rings. The number of hydrogen-bond donors (Lipinski definition) is 1. The highest BCUT2D eigenvalue weighted by atomic mass is 16.2. The molecule has 1 heterocycles. The number of rotatable bonds is 4. The number of hydrogen-bond acceptors (Lipinski definition) is 3. The van der Waals surface area contributed by atoms with Gasteiger partial charge in [0, 0.05) is 5.56 Å². The van der Waals surface area contributed by atoms with Gasteiger partial charge in [-0.25, -0.2) is 10.4 Å². The highest BCUT2D eigenvalue weighted by Gasteiger charge is 2.07. The number of hydrazone groups is 1. The van der Waals surface area contributed by atoms with Gasteiger partial charge in [0.15, 0.2) is 0 Å². The standard InChI is InChI=1S/C18H18N4O/c1-13-7-3-4-8-15(13)14(2)20-21-18(23)11-22-12-19-16-9-5-6-10-17(16)22/h3-10,12H,11H2,1-2H3,(H,21,23)/b20-14-. The first-order valence-corrected chi connectivity index (χ1v) is 7.44. The van der Waals surface area contributed by atoms with Gasteiger partial charge in [-0.2, -0.15) is 5.10 Å². The Morgan fingerprint density at radius 3 is 2.74 bits per heavy atom. The van der Waals surface area contributed by atoms with E-state index in [1.807, 2.05) is 66.9 Å². The molecular weight excluding hydrogens is 288 g/mol. The molecule has 1 amide bonds. The summed E-state index contributed by atoms with van der Waals surface area (Å²) in [7, 11) is 0. The van der Waals surface area contributed by atoms with E-state index in [0.717, 1.165) is 27.9 Å². The summed E-state index contributed by atoms with van der Waals surface area (Å²) in [6.45, 7) is 4.09. The van der Waals surface area contributed by atoms with E-state index in [1.165, 1.54) is 0 Å². The van der Waals surface area contributed by atoms with Crippen molar-refractivity contribution in [3.8, 4) is 0 Å². The number of carbonyl (C=O) groups excluding carboxylic acids is 1. The smallest absolute Gasteiger partial charge is 0.260 e. The molecule has 0 atom stereocenters. The molecule has 0 fully saturated rings. The number of nitrogens with zero attached hydrogens (tertiary/aromatic N) is 3. The van der Waals surface area contributed by atoms with Crippen molar-refractivity contribution in [2.45, 2.75) is 20.4 Å². The third kappa shape index (κ3) is 3.29. The third-order valence-corrected chi connectivity index (χ3v) is 3.72. The van der Waals surface area contributed by atoms with E-state index in [2.05, 4.69) is 15.5 Å². The molecular formula is C18H18N4O. The Labute approximate surface area is 134 Å². The number of aryl methyl sites for hydroxylation is 1. The zero-order valence-electron chi connectivity index (χ0n) is 13.2. The molecule has 5 heteroatoms. The van der Waals surface area contributed by atoms with Gasteiger partial charge in [0.1, 0.15) is 6.54 Å². The lowest BCUT2D eigenvalue weighted by molar-refractivity contribution is -0.121. The minimum atomic E-state index is -0.180. The molecule has 0 saturated carbocycles. The summed E-state index contributed by atoms with van der Waals surface area (Å²) in [6, 6.07) is 15.7. The Morgan fingerprint density at radius 2 is 1.91 bits per heavy atom. The zero-order chi connectivity index (χ0) is 16.2. The van der Waals surface area contributed by atoms with Gasteiger partial charge in [-0.05, 0) is 31.5 Å². The summed E-state index contributed by atoms with van der Waals surface area (Å²) in [4.78, 5) is 16.4. The Hall–Kier alpha value is -2.95. The van der Waals surface area contributed by atoms with Crippen LogP contribution in [-0.2, 0) is 11.3 Å². The summed E-state index contributed by atoms with van der Waals surface area (Å²) in [5, 5.41) is 4.20. The number of para-hydroxylation sites is 2. The molecule has 0 unspecified atom stereocenters. The third-order valence-electron chi connectivity index (χ3n) is 3.72. The van der Waals surface area contributed by atoms with Crippen LogP contribution in [0.1, 0.15) is 18.1 Å². The molecule has 0 spiro atoms. The topological polar surface area (TPSA) is 59.3 Å². The number of imidazole rings is 1. The minimum absolute atomic E-state index is 0.180. The van der Waals surface area contributed by atoms with Gasteiger partial charge in [-0.15, -0.1) is 0 Å². The Bertz CT molecular complexity index is 879. The molecule has 1 N–H and O–H groups in total. The lowest BCUT2D eigenvalue weighted by Gasteiger charge is -2.06. The van der Waals surface area contributed by atoms with Gasteiger partial charge >= 0.3 is 0 Å². The molecule has 1 aromatic heterocycles. The van der Waals surface area contributed by atoms with Crippen molar-refractivity contribution < 1.29 is 4.79 Å². The van der Waals surface area contributed by atoms with E-state index in [0.29, 0.717) is 0 Å². The van der Waals surface area contributed by atoms with Crippen molar-refractivity contribution in [2.24, 2.45) is 5.10 Å². The zero-order valence-corrected chi connectivity index (χ0v) is 13.2. The summed E-state index contributed by atoms with van der Waals surface area (Å²) >= 11 is 0. The molecule has 0 aliphatic carbocycles. The highest BCUT2D eigenvalue weighted by Crippen LogP contribution is 2.11. The molecule has 3 rings (SSSR count). The molecule has 2 aromatic carbocycles. The molecule has 0 bridgehead atoms. The van der Waals surface area contributed by atoms with Crippen LogP contribution in [0.5, 0.6) is 0 Å². The van der Waals surface area contributed by atoms with Crippen LogP contribution in [0.3, 0.4) is 0 Å². The van der Waals surface area contributed by atoms with Crippen LogP contribution in [0.25, 0.3) is 11.0 Å². The number of nitrogens with one attached hydrogen (secondary N) is 1. The SMILES string of the molecule is C/C(=N/NC(=O)Cn1cnc2ccccc21)c1ccccc1C. The Morgan fingerprint density at radius 1 is 1.17 bits per heavy atom. The van der Waals surface area contributed by atoms with Gasteiger partial charge < -0.3 is 4.57 Å². The van der Waals surface area contributed by atoms with Crippen molar-refractivity contribution >= 4 is 22.7 Å². The Balaban J connectivity index is 1.70. The van der Waals surface area contributed by atoms with Crippen LogP contribution in [0.4, 0.5) is 0 Å². The van der Waals surface area contributed by atoms with Crippen molar-refractivity contribution in [3.05, 3.63) is 66.0 Å². The van der Waals surface area contributed by atoms with E-state index in [4.69, 9.17) is 0 Å². The van der Waals surface area contributed by atoms with Crippen molar-refractivity contribution in [1.29, 1.82) is 0 Å². The quantitative estimate of drug-likeness (QED) is 0.595. The summed E-state index contributed by atoms with van der Waals surface area (Å²) in [6.07, 6.45) is 1.67. The largest absolute Gasteiger partial charge is 0.321 e. The maximum atomic E-state index is 12.1. The van der Waals surface area contributed by atoms with Crippen LogP contribution in [0.15, 0.2) is 60.0 Å². The predicted octanol–water partition coefficient (Wildman–Crippen LogP) is 2.89. The first kappa shape index (κ1) is 15.0.